The highest BCUT2D eigenvalue weighted by Crippen LogP contribution is 2.16. The Balaban J connectivity index is 4.35. The summed E-state index contributed by atoms with van der Waals surface area (Å²) in [5.74, 6) is 0. The predicted molar refractivity (Wildman–Crippen MR) is 98.4 cm³/mol. The lowest BCUT2D eigenvalue weighted by Gasteiger charge is -2.28. The Bertz CT molecular complexity index is 225. The van der Waals surface area contributed by atoms with Crippen molar-refractivity contribution in [2.24, 2.45) is 0 Å². The van der Waals surface area contributed by atoms with E-state index in [9.17, 15) is 0 Å². The zero-order valence-corrected chi connectivity index (χ0v) is 17.0. The van der Waals surface area contributed by atoms with Gasteiger partial charge in [-0.15, -0.1) is 0 Å². The van der Waals surface area contributed by atoms with Crippen LogP contribution in [0.2, 0.25) is 0 Å². The molecule has 0 saturated heterocycles. The lowest BCUT2D eigenvalue weighted by molar-refractivity contribution is -0.0342. The quantitative estimate of drug-likeness (QED) is 0.243. The van der Waals surface area contributed by atoms with Crippen LogP contribution in [0.4, 0.5) is 0 Å². The van der Waals surface area contributed by atoms with E-state index in [0.29, 0.717) is 26.4 Å². The van der Waals surface area contributed by atoms with E-state index in [4.69, 9.17) is 17.7 Å². The van der Waals surface area contributed by atoms with Crippen LogP contribution in [0, 0.1) is 0 Å². The van der Waals surface area contributed by atoms with Crippen LogP contribution < -0.4 is 0 Å². The van der Waals surface area contributed by atoms with Crippen molar-refractivity contribution in [3.8, 4) is 0 Å². The second-order valence-corrected chi connectivity index (χ2v) is 8.11. The monoisotopic (exact) mass is 348 g/mol. The van der Waals surface area contributed by atoms with Crippen molar-refractivity contribution >= 4 is 9.05 Å². The first-order valence-corrected chi connectivity index (χ1v) is 11.4. The first-order chi connectivity index (χ1) is 11.2. The molecule has 0 radical (unpaired) electrons. The average Bonchev–Trinajstić information content (AvgIpc) is 2.55. The molecule has 0 fully saturated rings. The van der Waals surface area contributed by atoms with E-state index in [0.717, 1.165) is 25.7 Å². The normalized spacial score (nSPS) is 12.0. The van der Waals surface area contributed by atoms with Gasteiger partial charge in [0.05, 0.1) is 0 Å². The maximum Gasteiger partial charge on any atom is 0.679 e. The van der Waals surface area contributed by atoms with Crippen LogP contribution >= 0.6 is 0 Å². The van der Waals surface area contributed by atoms with Gasteiger partial charge in [0.1, 0.15) is 0 Å². The van der Waals surface area contributed by atoms with Gasteiger partial charge in [0.15, 0.2) is 0 Å². The number of hydrogen-bond donors (Lipinski definition) is 0. The minimum atomic E-state index is -2.95. The molecule has 0 amide bonds. The van der Waals surface area contributed by atoms with Gasteiger partial charge in [-0.2, -0.15) is 0 Å². The van der Waals surface area contributed by atoms with Crippen LogP contribution in [-0.2, 0) is 17.7 Å². The molecule has 0 aliphatic carbocycles. The minimum Gasteiger partial charge on any atom is -0.351 e. The summed E-state index contributed by atoms with van der Waals surface area (Å²) in [5, 5.41) is 0. The second-order valence-electron chi connectivity index (χ2n) is 5.95. The fraction of sp³-hybridized carbons (Fsp3) is 1.00. The fourth-order valence-electron chi connectivity index (χ4n) is 2.22. The third kappa shape index (κ3) is 13.1. The summed E-state index contributed by atoms with van der Waals surface area (Å²) in [7, 11) is -2.95. The Morgan fingerprint density at radius 1 is 0.478 bits per heavy atom. The standard InChI is InChI=1S/C18H40O4Si/c1-5-9-12-14-17-21-23(19-8-4,20-16-11-7-3)22-18-15-13-10-6-2/h5-18H2,1-4H3. The molecule has 0 N–H and O–H groups in total. The fourth-order valence-corrected chi connectivity index (χ4v) is 4.26. The summed E-state index contributed by atoms with van der Waals surface area (Å²) in [6, 6.07) is 0. The Kier molecular flexibility index (Phi) is 16.9. The van der Waals surface area contributed by atoms with Crippen molar-refractivity contribution in [1.82, 2.24) is 0 Å². The van der Waals surface area contributed by atoms with E-state index in [1.807, 2.05) is 6.92 Å². The molecule has 0 unspecified atom stereocenters. The molecule has 4 nitrogen and oxygen atoms in total. The van der Waals surface area contributed by atoms with Gasteiger partial charge in [-0.1, -0.05) is 65.7 Å². The maximum atomic E-state index is 6.04. The van der Waals surface area contributed by atoms with Crippen molar-refractivity contribution < 1.29 is 17.7 Å². The summed E-state index contributed by atoms with van der Waals surface area (Å²) in [6.45, 7) is 11.1. The number of hydrogen-bond acceptors (Lipinski definition) is 4. The molecular weight excluding hydrogens is 308 g/mol. The van der Waals surface area contributed by atoms with Gasteiger partial charge in [0.2, 0.25) is 0 Å². The van der Waals surface area contributed by atoms with Gasteiger partial charge < -0.3 is 17.7 Å². The molecular formula is C18H40O4Si. The maximum absolute atomic E-state index is 6.04. The number of rotatable bonds is 18. The molecule has 140 valence electrons. The first-order valence-electron chi connectivity index (χ1n) is 9.80. The van der Waals surface area contributed by atoms with Crippen LogP contribution in [0.5, 0.6) is 0 Å². The SMILES string of the molecule is CCCCCCO[Si](OCC)(OCCCC)OCCCCCC. The highest BCUT2D eigenvalue weighted by atomic mass is 28.4. The Morgan fingerprint density at radius 3 is 1.30 bits per heavy atom. The lowest BCUT2D eigenvalue weighted by atomic mass is 10.2. The van der Waals surface area contributed by atoms with E-state index in [2.05, 4.69) is 20.8 Å². The molecule has 0 aliphatic heterocycles. The van der Waals surface area contributed by atoms with E-state index >= 15 is 0 Å². The lowest BCUT2D eigenvalue weighted by Crippen LogP contribution is -2.50. The Hall–Kier alpha value is 0.0569. The molecule has 0 aromatic rings. The summed E-state index contributed by atoms with van der Waals surface area (Å²) < 4.78 is 23.9. The van der Waals surface area contributed by atoms with Crippen LogP contribution in [-0.4, -0.2) is 35.5 Å². The van der Waals surface area contributed by atoms with Crippen molar-refractivity contribution in [1.29, 1.82) is 0 Å². The van der Waals surface area contributed by atoms with Gasteiger partial charge in [-0.25, -0.2) is 0 Å². The van der Waals surface area contributed by atoms with Gasteiger partial charge in [-0.05, 0) is 26.2 Å². The molecule has 0 bridgehead atoms. The topological polar surface area (TPSA) is 36.9 Å². The van der Waals surface area contributed by atoms with E-state index in [1.54, 1.807) is 0 Å². The molecule has 0 aromatic carbocycles. The average molecular weight is 349 g/mol. The van der Waals surface area contributed by atoms with Crippen LogP contribution in [0.25, 0.3) is 0 Å². The molecule has 5 heteroatoms. The molecule has 0 atom stereocenters. The second kappa shape index (κ2) is 16.9. The molecule has 0 aliphatic rings. The Labute approximate surface area is 145 Å². The molecule has 0 saturated carbocycles. The van der Waals surface area contributed by atoms with Crippen LogP contribution in [0.3, 0.4) is 0 Å². The van der Waals surface area contributed by atoms with Crippen molar-refractivity contribution in [3.05, 3.63) is 0 Å². The highest BCUT2D eigenvalue weighted by molar-refractivity contribution is 6.53. The van der Waals surface area contributed by atoms with Gasteiger partial charge in [0.25, 0.3) is 0 Å². The molecule has 0 rings (SSSR count). The third-order valence-corrected chi connectivity index (χ3v) is 5.97. The summed E-state index contributed by atoms with van der Waals surface area (Å²) in [4.78, 5) is 0. The molecule has 23 heavy (non-hydrogen) atoms. The minimum absolute atomic E-state index is 0.572. The zero-order valence-electron chi connectivity index (χ0n) is 16.0. The van der Waals surface area contributed by atoms with Crippen LogP contribution in [0.1, 0.15) is 91.9 Å². The Morgan fingerprint density at radius 2 is 0.913 bits per heavy atom. The van der Waals surface area contributed by atoms with E-state index in [1.165, 1.54) is 38.5 Å². The van der Waals surface area contributed by atoms with Gasteiger partial charge >= 0.3 is 9.05 Å². The molecule has 0 aromatic heterocycles. The molecule has 0 heterocycles. The van der Waals surface area contributed by atoms with Crippen molar-refractivity contribution in [3.63, 3.8) is 0 Å². The van der Waals surface area contributed by atoms with Crippen molar-refractivity contribution in [2.75, 3.05) is 26.4 Å². The largest absolute Gasteiger partial charge is 0.679 e. The number of unbranched alkanes of at least 4 members (excludes halogenated alkanes) is 7. The predicted octanol–water partition coefficient (Wildman–Crippen LogP) is 5.47. The highest BCUT2D eigenvalue weighted by Gasteiger charge is 2.45. The van der Waals surface area contributed by atoms with Crippen LogP contribution in [0.15, 0.2) is 0 Å². The smallest absolute Gasteiger partial charge is 0.351 e. The molecule has 0 spiro atoms. The van der Waals surface area contributed by atoms with E-state index in [-0.39, 0.29) is 0 Å². The summed E-state index contributed by atoms with van der Waals surface area (Å²) >= 11 is 0. The summed E-state index contributed by atoms with van der Waals surface area (Å²) in [6.07, 6.45) is 11.6. The van der Waals surface area contributed by atoms with E-state index < -0.39 is 9.05 Å². The van der Waals surface area contributed by atoms with Gasteiger partial charge in [0, 0.05) is 26.4 Å². The van der Waals surface area contributed by atoms with Crippen molar-refractivity contribution in [2.45, 2.75) is 91.9 Å². The van der Waals surface area contributed by atoms with Gasteiger partial charge in [-0.3, -0.25) is 0 Å². The third-order valence-electron chi connectivity index (χ3n) is 3.65. The zero-order chi connectivity index (χ0) is 17.2. The first kappa shape index (κ1) is 23.1. The summed E-state index contributed by atoms with van der Waals surface area (Å²) in [5.41, 5.74) is 0.